The molecule has 0 spiro atoms. The molecule has 2 aromatic carbocycles. The minimum atomic E-state index is -0.460. The first-order valence-corrected chi connectivity index (χ1v) is 7.03. The van der Waals surface area contributed by atoms with Gasteiger partial charge in [-0.2, -0.15) is 4.68 Å². The van der Waals surface area contributed by atoms with E-state index in [1.165, 1.54) is 10.7 Å². The van der Waals surface area contributed by atoms with Crippen LogP contribution in [0.5, 0.6) is 0 Å². The number of benzene rings is 2. The maximum absolute atomic E-state index is 14.1. The summed E-state index contributed by atoms with van der Waals surface area (Å²) in [4.78, 5) is 0. The summed E-state index contributed by atoms with van der Waals surface area (Å²) >= 11 is 9.27. The van der Waals surface area contributed by atoms with E-state index in [9.17, 15) is 4.39 Å². The van der Waals surface area contributed by atoms with Crippen molar-refractivity contribution in [3.63, 3.8) is 0 Å². The van der Waals surface area contributed by atoms with Crippen molar-refractivity contribution in [2.45, 2.75) is 0 Å². The lowest BCUT2D eigenvalue weighted by Gasteiger charge is -2.09. The third-order valence-electron chi connectivity index (χ3n) is 2.88. The molecule has 0 amide bonds. The summed E-state index contributed by atoms with van der Waals surface area (Å²) in [7, 11) is 0. The third kappa shape index (κ3) is 2.50. The van der Waals surface area contributed by atoms with E-state index in [1.54, 1.807) is 30.3 Å². The van der Waals surface area contributed by atoms with Gasteiger partial charge in [0.1, 0.15) is 11.5 Å². The van der Waals surface area contributed by atoms with Crippen LogP contribution in [0.2, 0.25) is 5.02 Å². The average Bonchev–Trinajstić information content (AvgIpc) is 2.90. The van der Waals surface area contributed by atoms with Gasteiger partial charge >= 0.3 is 0 Å². The molecule has 0 saturated heterocycles. The van der Waals surface area contributed by atoms with E-state index in [0.717, 1.165) is 0 Å². The number of nitrogens with zero attached hydrogens (tertiary/aromatic N) is 4. The molecule has 0 unspecified atom stereocenters. The molecule has 106 valence electrons. The van der Waals surface area contributed by atoms with Crippen LogP contribution < -0.4 is 5.73 Å². The SMILES string of the molecule is Nc1ccc(Cl)cc1-c1nnnn1-c1c(F)cccc1Br. The third-order valence-corrected chi connectivity index (χ3v) is 3.75. The molecule has 0 aliphatic heterocycles. The van der Waals surface area contributed by atoms with Gasteiger partial charge in [-0.1, -0.05) is 17.7 Å². The topological polar surface area (TPSA) is 69.6 Å². The highest BCUT2D eigenvalue weighted by Crippen LogP contribution is 2.31. The number of nitrogens with two attached hydrogens (primary N) is 1. The van der Waals surface area contributed by atoms with Gasteiger partial charge in [-0.15, -0.1) is 5.10 Å². The average molecular weight is 369 g/mol. The molecule has 0 bridgehead atoms. The lowest BCUT2D eigenvalue weighted by atomic mass is 10.1. The second-order valence-corrected chi connectivity index (χ2v) is 5.51. The van der Waals surface area contributed by atoms with Crippen molar-refractivity contribution in [1.29, 1.82) is 0 Å². The number of hydrogen-bond acceptors (Lipinski definition) is 4. The monoisotopic (exact) mass is 367 g/mol. The Balaban J connectivity index is 2.25. The largest absolute Gasteiger partial charge is 0.398 e. The van der Waals surface area contributed by atoms with Crippen molar-refractivity contribution in [3.8, 4) is 17.1 Å². The maximum atomic E-state index is 14.1. The first kappa shape index (κ1) is 14.0. The minimum Gasteiger partial charge on any atom is -0.398 e. The van der Waals surface area contributed by atoms with Gasteiger partial charge in [0.05, 0.1) is 0 Å². The van der Waals surface area contributed by atoms with Crippen LogP contribution in [0.25, 0.3) is 17.1 Å². The Bertz CT molecular complexity index is 800. The second-order valence-electron chi connectivity index (χ2n) is 4.22. The summed E-state index contributed by atoms with van der Waals surface area (Å²) in [5.41, 5.74) is 7.11. The van der Waals surface area contributed by atoms with Gasteiger partial charge in [0.2, 0.25) is 0 Å². The summed E-state index contributed by atoms with van der Waals surface area (Å²) in [5.74, 6) is -0.153. The number of para-hydroxylation sites is 1. The number of tetrazole rings is 1. The van der Waals surface area contributed by atoms with Crippen LogP contribution in [0.15, 0.2) is 40.9 Å². The first-order chi connectivity index (χ1) is 10.1. The molecular weight excluding hydrogens is 361 g/mol. The summed E-state index contributed by atoms with van der Waals surface area (Å²) in [6.45, 7) is 0. The van der Waals surface area contributed by atoms with Crippen molar-refractivity contribution in [1.82, 2.24) is 20.2 Å². The van der Waals surface area contributed by atoms with E-state index in [1.807, 2.05) is 0 Å². The number of hydrogen-bond donors (Lipinski definition) is 1. The fraction of sp³-hybridized carbons (Fsp3) is 0. The fourth-order valence-electron chi connectivity index (χ4n) is 1.92. The lowest BCUT2D eigenvalue weighted by molar-refractivity contribution is 0.606. The molecule has 0 aliphatic carbocycles. The van der Waals surface area contributed by atoms with Crippen molar-refractivity contribution >= 4 is 33.2 Å². The van der Waals surface area contributed by atoms with E-state index in [0.29, 0.717) is 26.6 Å². The van der Waals surface area contributed by atoms with Gasteiger partial charge in [-0.3, -0.25) is 0 Å². The zero-order valence-electron chi connectivity index (χ0n) is 10.5. The van der Waals surface area contributed by atoms with E-state index in [-0.39, 0.29) is 5.69 Å². The van der Waals surface area contributed by atoms with E-state index in [2.05, 4.69) is 31.5 Å². The van der Waals surface area contributed by atoms with Gasteiger partial charge in [0.25, 0.3) is 0 Å². The first-order valence-electron chi connectivity index (χ1n) is 5.86. The van der Waals surface area contributed by atoms with Crippen LogP contribution in [-0.2, 0) is 0 Å². The number of aromatic nitrogens is 4. The molecule has 1 aromatic heterocycles. The molecule has 1 heterocycles. The van der Waals surface area contributed by atoms with Crippen molar-refractivity contribution in [3.05, 3.63) is 51.7 Å². The molecule has 3 aromatic rings. The number of nitrogen functional groups attached to an aromatic ring is 1. The van der Waals surface area contributed by atoms with Crippen molar-refractivity contribution in [2.75, 3.05) is 5.73 Å². The summed E-state index contributed by atoms with van der Waals surface area (Å²) in [6.07, 6.45) is 0. The molecule has 8 heteroatoms. The predicted molar refractivity (Wildman–Crippen MR) is 81.7 cm³/mol. The molecule has 0 fully saturated rings. The molecule has 3 rings (SSSR count). The van der Waals surface area contributed by atoms with Crippen molar-refractivity contribution in [2.24, 2.45) is 0 Å². The predicted octanol–water partition coefficient (Wildman–Crippen LogP) is 3.47. The smallest absolute Gasteiger partial charge is 0.189 e. The van der Waals surface area contributed by atoms with Crippen LogP contribution in [0.1, 0.15) is 0 Å². The summed E-state index contributed by atoms with van der Waals surface area (Å²) in [5, 5.41) is 11.9. The minimum absolute atomic E-state index is 0.205. The Kier molecular flexibility index (Phi) is 3.60. The number of halogens is 3. The zero-order chi connectivity index (χ0) is 15.0. The second kappa shape index (κ2) is 5.42. The fourth-order valence-corrected chi connectivity index (χ4v) is 2.60. The molecule has 0 radical (unpaired) electrons. The summed E-state index contributed by atoms with van der Waals surface area (Å²) in [6, 6.07) is 9.55. The molecule has 5 nitrogen and oxygen atoms in total. The maximum Gasteiger partial charge on any atom is 0.189 e. The van der Waals surface area contributed by atoms with Crippen molar-refractivity contribution < 1.29 is 4.39 Å². The van der Waals surface area contributed by atoms with E-state index >= 15 is 0 Å². The van der Waals surface area contributed by atoms with Crippen LogP contribution in [-0.4, -0.2) is 20.2 Å². The van der Waals surface area contributed by atoms with E-state index in [4.69, 9.17) is 17.3 Å². The standard InChI is InChI=1S/C13H8BrClFN5/c14-9-2-1-3-10(16)12(9)21-13(18-19-20-21)8-6-7(15)4-5-11(8)17/h1-6H,17H2. The highest BCUT2D eigenvalue weighted by atomic mass is 79.9. The van der Waals surface area contributed by atoms with Crippen LogP contribution >= 0.6 is 27.5 Å². The van der Waals surface area contributed by atoms with Gasteiger partial charge < -0.3 is 5.73 Å². The highest BCUT2D eigenvalue weighted by molar-refractivity contribution is 9.10. The Morgan fingerprint density at radius 1 is 1.24 bits per heavy atom. The van der Waals surface area contributed by atoms with Crippen LogP contribution in [0.4, 0.5) is 10.1 Å². The Hall–Kier alpha value is -1.99. The molecule has 0 atom stereocenters. The van der Waals surface area contributed by atoms with Gasteiger partial charge in [-0.05, 0) is 56.7 Å². The highest BCUT2D eigenvalue weighted by Gasteiger charge is 2.18. The lowest BCUT2D eigenvalue weighted by Crippen LogP contribution is -2.05. The molecule has 2 N–H and O–H groups in total. The number of anilines is 1. The van der Waals surface area contributed by atoms with Gasteiger partial charge in [0.15, 0.2) is 5.82 Å². The normalized spacial score (nSPS) is 10.8. The Labute approximate surface area is 132 Å². The quantitative estimate of drug-likeness (QED) is 0.703. The number of rotatable bonds is 2. The zero-order valence-corrected chi connectivity index (χ0v) is 12.8. The summed E-state index contributed by atoms with van der Waals surface area (Å²) < 4.78 is 15.9. The Morgan fingerprint density at radius 2 is 2.05 bits per heavy atom. The van der Waals surface area contributed by atoms with Crippen LogP contribution in [0.3, 0.4) is 0 Å². The molecular formula is C13H8BrClFN5. The molecule has 21 heavy (non-hydrogen) atoms. The van der Waals surface area contributed by atoms with Gasteiger partial charge in [-0.25, -0.2) is 4.39 Å². The van der Waals surface area contributed by atoms with Gasteiger partial charge in [0, 0.05) is 20.7 Å². The molecule has 0 saturated carbocycles. The van der Waals surface area contributed by atoms with Crippen LogP contribution in [0, 0.1) is 5.82 Å². The molecule has 0 aliphatic rings. The Morgan fingerprint density at radius 3 is 2.81 bits per heavy atom. The van der Waals surface area contributed by atoms with E-state index < -0.39 is 5.82 Å².